The third-order valence-corrected chi connectivity index (χ3v) is 5.52. The highest BCUT2D eigenvalue weighted by Crippen LogP contribution is 2.40. The smallest absolute Gasteiger partial charge is 0.0575 e. The van der Waals surface area contributed by atoms with Gasteiger partial charge in [0, 0.05) is 0 Å². The van der Waals surface area contributed by atoms with Crippen molar-refractivity contribution in [1.29, 1.82) is 0 Å². The minimum absolute atomic E-state index is 0.532. The van der Waals surface area contributed by atoms with Crippen molar-refractivity contribution in [1.82, 2.24) is 0 Å². The fourth-order valence-corrected chi connectivity index (χ4v) is 4.18. The number of hydrogen-bond donors (Lipinski definition) is 0. The lowest BCUT2D eigenvalue weighted by Crippen LogP contribution is -2.28. The van der Waals surface area contributed by atoms with Crippen molar-refractivity contribution in [2.45, 2.75) is 77.2 Å². The Morgan fingerprint density at radius 1 is 0.952 bits per heavy atom. The molecule has 21 heavy (non-hydrogen) atoms. The second kappa shape index (κ2) is 9.46. The van der Waals surface area contributed by atoms with Crippen LogP contribution in [0.15, 0.2) is 24.8 Å². The maximum Gasteiger partial charge on any atom is 0.0575 e. The van der Waals surface area contributed by atoms with Gasteiger partial charge in [-0.25, -0.2) is 0 Å². The van der Waals surface area contributed by atoms with Gasteiger partial charge in [-0.1, -0.05) is 25.2 Å². The van der Waals surface area contributed by atoms with Gasteiger partial charge in [-0.2, -0.15) is 0 Å². The summed E-state index contributed by atoms with van der Waals surface area (Å²) in [6.07, 6.45) is 20.7. The monoisotopic (exact) mass is 290 g/mol. The molecule has 0 N–H and O–H groups in total. The van der Waals surface area contributed by atoms with Crippen LogP contribution in [0.5, 0.6) is 0 Å². The van der Waals surface area contributed by atoms with Gasteiger partial charge >= 0.3 is 0 Å². The van der Waals surface area contributed by atoms with Crippen molar-refractivity contribution in [3.63, 3.8) is 0 Å². The molecule has 0 atom stereocenters. The van der Waals surface area contributed by atoms with Crippen LogP contribution >= 0.6 is 0 Å². The summed E-state index contributed by atoms with van der Waals surface area (Å²) in [4.78, 5) is 0. The van der Waals surface area contributed by atoms with Crippen molar-refractivity contribution in [3.8, 4) is 0 Å². The molecule has 2 fully saturated rings. The molecule has 0 unspecified atom stereocenters. The first-order chi connectivity index (χ1) is 10.3. The second-order valence-corrected chi connectivity index (χ2v) is 7.00. The SMILES string of the molecule is C=CCCOC1CCC(C2CCC(/C=C/CC)CC2)CC1. The van der Waals surface area contributed by atoms with Crippen LogP contribution in [0.25, 0.3) is 0 Å². The number of ether oxygens (including phenoxy) is 1. The lowest BCUT2D eigenvalue weighted by molar-refractivity contribution is 0.00984. The fourth-order valence-electron chi connectivity index (χ4n) is 4.18. The van der Waals surface area contributed by atoms with E-state index in [-0.39, 0.29) is 0 Å². The molecule has 2 rings (SSSR count). The van der Waals surface area contributed by atoms with Crippen LogP contribution in [0.2, 0.25) is 0 Å². The highest BCUT2D eigenvalue weighted by Gasteiger charge is 2.30. The van der Waals surface area contributed by atoms with Gasteiger partial charge in [-0.15, -0.1) is 6.58 Å². The summed E-state index contributed by atoms with van der Waals surface area (Å²) in [6, 6.07) is 0. The van der Waals surface area contributed by atoms with E-state index < -0.39 is 0 Å². The minimum atomic E-state index is 0.532. The standard InChI is InChI=1S/C20H34O/c1-3-5-7-17-8-10-18(11-9-17)19-12-14-20(15-13-19)21-16-6-4-2/h4-5,7,17-20H,2-3,6,8-16H2,1H3/b7-5+. The zero-order valence-corrected chi connectivity index (χ0v) is 13.9. The second-order valence-electron chi connectivity index (χ2n) is 7.00. The van der Waals surface area contributed by atoms with Crippen LogP contribution in [0.3, 0.4) is 0 Å². The summed E-state index contributed by atoms with van der Waals surface area (Å²) in [5, 5.41) is 0. The van der Waals surface area contributed by atoms with Gasteiger partial charge in [0.05, 0.1) is 12.7 Å². The number of allylic oxidation sites excluding steroid dienone is 2. The molecule has 0 radical (unpaired) electrons. The molecule has 0 amide bonds. The molecule has 0 aliphatic heterocycles. The van der Waals surface area contributed by atoms with E-state index in [0.29, 0.717) is 6.10 Å². The van der Waals surface area contributed by atoms with Crippen LogP contribution in [0.4, 0.5) is 0 Å². The van der Waals surface area contributed by atoms with E-state index in [9.17, 15) is 0 Å². The van der Waals surface area contributed by atoms with E-state index in [2.05, 4.69) is 25.7 Å². The Hall–Kier alpha value is -0.560. The molecule has 0 saturated heterocycles. The lowest BCUT2D eigenvalue weighted by Gasteiger charge is -2.37. The molecule has 2 saturated carbocycles. The van der Waals surface area contributed by atoms with Crippen LogP contribution < -0.4 is 0 Å². The molecule has 0 aromatic heterocycles. The van der Waals surface area contributed by atoms with Crippen molar-refractivity contribution in [3.05, 3.63) is 24.8 Å². The van der Waals surface area contributed by atoms with E-state index in [1.165, 1.54) is 57.8 Å². The van der Waals surface area contributed by atoms with E-state index in [0.717, 1.165) is 30.8 Å². The first-order valence-corrected chi connectivity index (χ1v) is 9.22. The molecule has 2 aliphatic rings. The van der Waals surface area contributed by atoms with Gasteiger partial charge in [0.25, 0.3) is 0 Å². The Morgan fingerprint density at radius 2 is 1.57 bits per heavy atom. The average Bonchev–Trinajstić information content (AvgIpc) is 2.54. The van der Waals surface area contributed by atoms with Gasteiger partial charge in [-0.3, -0.25) is 0 Å². The predicted molar refractivity (Wildman–Crippen MR) is 91.4 cm³/mol. The van der Waals surface area contributed by atoms with Crippen molar-refractivity contribution < 1.29 is 4.74 Å². The molecule has 0 bridgehead atoms. The van der Waals surface area contributed by atoms with Crippen LogP contribution in [0, 0.1) is 17.8 Å². The van der Waals surface area contributed by atoms with Crippen LogP contribution in [-0.4, -0.2) is 12.7 Å². The largest absolute Gasteiger partial charge is 0.378 e. The summed E-state index contributed by atoms with van der Waals surface area (Å²) in [6.45, 7) is 6.86. The molecule has 120 valence electrons. The molecule has 0 heterocycles. The molecule has 2 aliphatic carbocycles. The lowest BCUT2D eigenvalue weighted by atomic mass is 9.70. The first kappa shape index (κ1) is 16.8. The quantitative estimate of drug-likeness (QED) is 0.418. The Morgan fingerprint density at radius 3 is 2.14 bits per heavy atom. The summed E-state index contributed by atoms with van der Waals surface area (Å²) in [5.74, 6) is 2.87. The van der Waals surface area contributed by atoms with E-state index >= 15 is 0 Å². The van der Waals surface area contributed by atoms with Gasteiger partial charge < -0.3 is 4.74 Å². The zero-order valence-electron chi connectivity index (χ0n) is 13.9. The van der Waals surface area contributed by atoms with Gasteiger partial charge in [0.2, 0.25) is 0 Å². The fraction of sp³-hybridized carbons (Fsp3) is 0.800. The highest BCUT2D eigenvalue weighted by atomic mass is 16.5. The van der Waals surface area contributed by atoms with Crippen molar-refractivity contribution in [2.75, 3.05) is 6.61 Å². The van der Waals surface area contributed by atoms with E-state index in [1.807, 2.05) is 6.08 Å². The molecule has 1 nitrogen and oxygen atoms in total. The number of rotatable bonds is 7. The average molecular weight is 290 g/mol. The molecule has 1 heteroatoms. The van der Waals surface area contributed by atoms with Crippen LogP contribution in [-0.2, 0) is 4.74 Å². The zero-order chi connectivity index (χ0) is 14.9. The molecule has 0 aromatic carbocycles. The Balaban J connectivity index is 1.64. The van der Waals surface area contributed by atoms with Crippen molar-refractivity contribution in [2.24, 2.45) is 17.8 Å². The van der Waals surface area contributed by atoms with Gasteiger partial charge in [0.15, 0.2) is 0 Å². The molecule has 0 spiro atoms. The molecular weight excluding hydrogens is 256 g/mol. The summed E-state index contributed by atoms with van der Waals surface area (Å²) < 4.78 is 5.94. The Kier molecular flexibility index (Phi) is 7.57. The maximum atomic E-state index is 5.94. The summed E-state index contributed by atoms with van der Waals surface area (Å²) >= 11 is 0. The minimum Gasteiger partial charge on any atom is -0.378 e. The number of hydrogen-bond acceptors (Lipinski definition) is 1. The van der Waals surface area contributed by atoms with Gasteiger partial charge in [-0.05, 0) is 82.0 Å². The normalized spacial score (nSPS) is 34.1. The summed E-state index contributed by atoms with van der Waals surface area (Å²) in [5.41, 5.74) is 0. The third-order valence-electron chi connectivity index (χ3n) is 5.52. The Labute approximate surface area is 131 Å². The first-order valence-electron chi connectivity index (χ1n) is 9.22. The molecular formula is C20H34O. The summed E-state index contributed by atoms with van der Waals surface area (Å²) in [7, 11) is 0. The third kappa shape index (κ3) is 5.62. The van der Waals surface area contributed by atoms with E-state index in [1.54, 1.807) is 0 Å². The maximum absolute atomic E-state index is 5.94. The predicted octanol–water partition coefficient (Wildman–Crippen LogP) is 5.91. The Bertz CT molecular complexity index is 304. The molecule has 0 aromatic rings. The highest BCUT2D eigenvalue weighted by molar-refractivity contribution is 4.92. The van der Waals surface area contributed by atoms with E-state index in [4.69, 9.17) is 4.74 Å². The van der Waals surface area contributed by atoms with Crippen LogP contribution in [0.1, 0.15) is 71.1 Å². The van der Waals surface area contributed by atoms with Gasteiger partial charge in [0.1, 0.15) is 0 Å². The topological polar surface area (TPSA) is 9.23 Å². The van der Waals surface area contributed by atoms with Crippen molar-refractivity contribution >= 4 is 0 Å².